The molecule has 0 radical (unpaired) electrons. The van der Waals surface area contributed by atoms with Crippen LogP contribution in [0.25, 0.3) is 11.1 Å². The van der Waals surface area contributed by atoms with E-state index in [-0.39, 0.29) is 22.5 Å². The standard InChI is InChI=1S/C29H28F5NO/c1-16(2)27-25(26(31)18-4-8-19(9-5-18)29(32,33)34)23(17-6-10-20(30)11-7-17)24-21(35-27)14-28(12-3-13-28)15-22(24)36/h4-11,16,22,26,36H,3,12-15H2,1-2H3/t22-,26-/m0/s1. The average molecular weight is 502 g/mol. The molecule has 7 heteroatoms. The summed E-state index contributed by atoms with van der Waals surface area (Å²) in [5.74, 6) is -0.630. The van der Waals surface area contributed by atoms with Crippen LogP contribution in [0.4, 0.5) is 22.0 Å². The van der Waals surface area contributed by atoms with Crippen LogP contribution in [-0.4, -0.2) is 10.1 Å². The molecule has 2 aliphatic rings. The monoisotopic (exact) mass is 501 g/mol. The summed E-state index contributed by atoms with van der Waals surface area (Å²) in [6.45, 7) is 3.79. The first kappa shape index (κ1) is 24.9. The van der Waals surface area contributed by atoms with Gasteiger partial charge in [0, 0.05) is 16.8 Å². The lowest BCUT2D eigenvalue weighted by Crippen LogP contribution is -2.38. The number of aromatic nitrogens is 1. The fraction of sp³-hybridized carbons (Fsp3) is 0.414. The Hall–Kier alpha value is -2.80. The fourth-order valence-corrected chi connectivity index (χ4v) is 5.81. The second kappa shape index (κ2) is 8.94. The van der Waals surface area contributed by atoms with Gasteiger partial charge in [0.25, 0.3) is 0 Å². The molecule has 1 N–H and O–H groups in total. The predicted octanol–water partition coefficient (Wildman–Crippen LogP) is 8.24. The van der Waals surface area contributed by atoms with Crippen LogP contribution in [0, 0.1) is 11.2 Å². The van der Waals surface area contributed by atoms with Gasteiger partial charge in [-0.1, -0.05) is 44.5 Å². The molecule has 0 amide bonds. The molecule has 0 aliphatic heterocycles. The number of rotatable bonds is 4. The van der Waals surface area contributed by atoms with Crippen molar-refractivity contribution in [2.24, 2.45) is 5.41 Å². The number of aliphatic hydroxyl groups excluding tert-OH is 1. The SMILES string of the molecule is CC(C)c1nc2c(c(-c3ccc(F)cc3)c1[C@@H](F)c1ccc(C(F)(F)F)cc1)[C@@H](O)CC1(CCC1)C2. The number of aliphatic hydroxyl groups is 1. The van der Waals surface area contributed by atoms with E-state index in [1.807, 2.05) is 13.8 Å². The summed E-state index contributed by atoms with van der Waals surface area (Å²) < 4.78 is 69.5. The largest absolute Gasteiger partial charge is 0.416 e. The first-order chi connectivity index (χ1) is 17.0. The summed E-state index contributed by atoms with van der Waals surface area (Å²) in [5.41, 5.74) is 2.23. The molecule has 1 spiro atoms. The Kier molecular flexibility index (Phi) is 6.18. The van der Waals surface area contributed by atoms with Crippen LogP contribution in [0.3, 0.4) is 0 Å². The highest BCUT2D eigenvalue weighted by atomic mass is 19.4. The smallest absolute Gasteiger partial charge is 0.388 e. The lowest BCUT2D eigenvalue weighted by Gasteiger charge is -2.47. The normalized spacial score (nSPS) is 19.8. The molecule has 2 aromatic carbocycles. The van der Waals surface area contributed by atoms with Gasteiger partial charge in [-0.2, -0.15) is 13.2 Å². The zero-order valence-corrected chi connectivity index (χ0v) is 20.2. The van der Waals surface area contributed by atoms with E-state index in [1.165, 1.54) is 12.1 Å². The first-order valence-corrected chi connectivity index (χ1v) is 12.3. The molecule has 0 unspecified atom stereocenters. The van der Waals surface area contributed by atoms with Crippen LogP contribution < -0.4 is 0 Å². The molecule has 2 atom stereocenters. The van der Waals surface area contributed by atoms with Crippen molar-refractivity contribution < 1.29 is 27.1 Å². The summed E-state index contributed by atoms with van der Waals surface area (Å²) in [6.07, 6.45) is -2.82. The van der Waals surface area contributed by atoms with Gasteiger partial charge in [0.2, 0.25) is 0 Å². The Balaban J connectivity index is 1.74. The lowest BCUT2D eigenvalue weighted by molar-refractivity contribution is -0.137. The predicted molar refractivity (Wildman–Crippen MR) is 128 cm³/mol. The Morgan fingerprint density at radius 3 is 2.17 bits per heavy atom. The van der Waals surface area contributed by atoms with Gasteiger partial charge in [0.05, 0.1) is 17.4 Å². The number of hydrogen-bond donors (Lipinski definition) is 1. The third kappa shape index (κ3) is 4.32. The third-order valence-electron chi connectivity index (χ3n) is 7.76. The summed E-state index contributed by atoms with van der Waals surface area (Å²) >= 11 is 0. The van der Waals surface area contributed by atoms with Gasteiger partial charge in [-0.15, -0.1) is 0 Å². The fourth-order valence-electron chi connectivity index (χ4n) is 5.81. The summed E-state index contributed by atoms with van der Waals surface area (Å²) in [7, 11) is 0. The molecule has 36 heavy (non-hydrogen) atoms. The van der Waals surface area contributed by atoms with Crippen molar-refractivity contribution in [1.29, 1.82) is 0 Å². The number of benzene rings is 2. The maximum atomic E-state index is 16.4. The van der Waals surface area contributed by atoms with E-state index in [1.54, 1.807) is 12.1 Å². The second-order valence-corrected chi connectivity index (χ2v) is 10.5. The quantitative estimate of drug-likeness (QED) is 0.365. The van der Waals surface area contributed by atoms with Crippen molar-refractivity contribution in [3.8, 4) is 11.1 Å². The van der Waals surface area contributed by atoms with Gasteiger partial charge in [0.15, 0.2) is 6.17 Å². The molecule has 2 nitrogen and oxygen atoms in total. The molecule has 1 fully saturated rings. The zero-order valence-electron chi connectivity index (χ0n) is 20.2. The summed E-state index contributed by atoms with van der Waals surface area (Å²) in [5, 5.41) is 11.3. The summed E-state index contributed by atoms with van der Waals surface area (Å²) in [6, 6.07) is 9.71. The summed E-state index contributed by atoms with van der Waals surface area (Å²) in [4.78, 5) is 4.89. The Morgan fingerprint density at radius 2 is 1.64 bits per heavy atom. The van der Waals surface area contributed by atoms with Crippen LogP contribution >= 0.6 is 0 Å². The number of hydrogen-bond acceptors (Lipinski definition) is 2. The van der Waals surface area contributed by atoms with Gasteiger partial charge in [-0.25, -0.2) is 8.78 Å². The van der Waals surface area contributed by atoms with E-state index >= 15 is 4.39 Å². The molecular weight excluding hydrogens is 473 g/mol. The molecule has 0 bridgehead atoms. The highest BCUT2D eigenvalue weighted by Gasteiger charge is 2.45. The minimum atomic E-state index is -4.53. The third-order valence-corrected chi connectivity index (χ3v) is 7.76. The average Bonchev–Trinajstić information content (AvgIpc) is 2.81. The van der Waals surface area contributed by atoms with E-state index in [0.717, 1.165) is 49.2 Å². The van der Waals surface area contributed by atoms with Crippen molar-refractivity contribution in [2.45, 2.75) is 70.3 Å². The first-order valence-electron chi connectivity index (χ1n) is 12.3. The Morgan fingerprint density at radius 1 is 1.00 bits per heavy atom. The Labute approximate surface area is 207 Å². The van der Waals surface area contributed by atoms with Crippen molar-refractivity contribution in [2.75, 3.05) is 0 Å². The zero-order chi connectivity index (χ0) is 25.8. The van der Waals surface area contributed by atoms with Crippen LogP contribution in [0.5, 0.6) is 0 Å². The molecular formula is C29H28F5NO. The number of alkyl halides is 4. The number of halogens is 5. The van der Waals surface area contributed by atoms with Crippen LogP contribution in [0.15, 0.2) is 48.5 Å². The van der Waals surface area contributed by atoms with Crippen molar-refractivity contribution in [3.05, 3.63) is 88.0 Å². The molecule has 0 saturated heterocycles. The number of pyridine rings is 1. The molecule has 1 heterocycles. The number of nitrogens with zero attached hydrogens (tertiary/aromatic N) is 1. The molecule has 1 aromatic heterocycles. The van der Waals surface area contributed by atoms with E-state index in [9.17, 15) is 22.7 Å². The molecule has 3 aromatic rings. The molecule has 190 valence electrons. The van der Waals surface area contributed by atoms with Gasteiger partial charge in [-0.05, 0) is 78.0 Å². The van der Waals surface area contributed by atoms with Crippen molar-refractivity contribution in [1.82, 2.24) is 4.98 Å². The topological polar surface area (TPSA) is 33.1 Å². The van der Waals surface area contributed by atoms with Crippen LogP contribution in [0.2, 0.25) is 0 Å². The Bertz CT molecular complexity index is 1260. The van der Waals surface area contributed by atoms with E-state index < -0.39 is 29.8 Å². The van der Waals surface area contributed by atoms with Crippen molar-refractivity contribution in [3.63, 3.8) is 0 Å². The van der Waals surface area contributed by atoms with Crippen LogP contribution in [-0.2, 0) is 12.6 Å². The van der Waals surface area contributed by atoms with E-state index in [0.29, 0.717) is 35.2 Å². The highest BCUT2D eigenvalue weighted by molar-refractivity contribution is 5.75. The lowest BCUT2D eigenvalue weighted by atomic mass is 9.59. The maximum Gasteiger partial charge on any atom is 0.416 e. The molecule has 1 saturated carbocycles. The van der Waals surface area contributed by atoms with Crippen LogP contribution in [0.1, 0.15) is 91.4 Å². The van der Waals surface area contributed by atoms with E-state index in [4.69, 9.17) is 4.98 Å². The minimum Gasteiger partial charge on any atom is -0.388 e. The van der Waals surface area contributed by atoms with Gasteiger partial charge in [0.1, 0.15) is 5.82 Å². The molecule has 5 rings (SSSR count). The van der Waals surface area contributed by atoms with Gasteiger partial charge in [-0.3, -0.25) is 4.98 Å². The number of fused-ring (bicyclic) bond motifs is 1. The highest BCUT2D eigenvalue weighted by Crippen LogP contribution is 2.56. The molecule has 2 aliphatic carbocycles. The minimum absolute atomic E-state index is 0.00219. The van der Waals surface area contributed by atoms with E-state index in [2.05, 4.69) is 0 Å². The van der Waals surface area contributed by atoms with Gasteiger partial charge >= 0.3 is 6.18 Å². The maximum absolute atomic E-state index is 16.4. The second-order valence-electron chi connectivity index (χ2n) is 10.5. The van der Waals surface area contributed by atoms with Gasteiger partial charge < -0.3 is 5.11 Å². The van der Waals surface area contributed by atoms with Crippen molar-refractivity contribution >= 4 is 0 Å².